The summed E-state index contributed by atoms with van der Waals surface area (Å²) in [6, 6.07) is 14.1. The first-order chi connectivity index (χ1) is 12.9. The maximum absolute atomic E-state index is 13.2. The zero-order valence-electron chi connectivity index (χ0n) is 15.2. The number of benzodiazepines with no additional fused rings is 1. The van der Waals surface area contributed by atoms with Crippen LogP contribution in [-0.4, -0.2) is 35.3 Å². The molecule has 0 saturated carbocycles. The van der Waals surface area contributed by atoms with E-state index >= 15 is 0 Å². The summed E-state index contributed by atoms with van der Waals surface area (Å²) in [5.74, 6) is -1.43. The molecule has 1 amide bonds. The fraction of sp³-hybridized carbons (Fsp3) is 0.286. The van der Waals surface area contributed by atoms with Gasteiger partial charge in [-0.05, 0) is 24.1 Å². The molecule has 0 saturated heterocycles. The number of fused-ring (bicyclic) bond motifs is 1. The van der Waals surface area contributed by atoms with Gasteiger partial charge in [0.05, 0.1) is 11.4 Å². The number of hydrogen-bond acceptors (Lipinski definition) is 3. The zero-order chi connectivity index (χ0) is 19.6. The predicted octanol–water partition coefficient (Wildman–Crippen LogP) is 4.02. The number of carboxylic acids is 1. The number of carbonyl (C=O) groups excluding carboxylic acids is 1. The van der Waals surface area contributed by atoms with Crippen LogP contribution in [0.3, 0.4) is 0 Å². The van der Waals surface area contributed by atoms with Crippen LogP contribution in [-0.2, 0) is 9.59 Å². The molecule has 0 aromatic heterocycles. The molecule has 1 heterocycles. The van der Waals surface area contributed by atoms with Gasteiger partial charge in [0.2, 0.25) is 0 Å². The molecular weight excluding hydrogens is 364 g/mol. The Hall–Kier alpha value is -2.66. The third-order valence-corrected chi connectivity index (χ3v) is 5.05. The van der Waals surface area contributed by atoms with Gasteiger partial charge < -0.3 is 5.11 Å². The number of carbonyl (C=O) groups is 2. The van der Waals surface area contributed by atoms with E-state index in [0.717, 1.165) is 12.0 Å². The summed E-state index contributed by atoms with van der Waals surface area (Å²) in [4.78, 5) is 30.8. The molecule has 0 radical (unpaired) electrons. The minimum Gasteiger partial charge on any atom is -0.480 e. The first-order valence-corrected chi connectivity index (χ1v) is 9.26. The maximum atomic E-state index is 13.2. The van der Waals surface area contributed by atoms with Crippen molar-refractivity contribution in [2.24, 2.45) is 10.9 Å². The number of nitrogens with zero attached hydrogens (tertiary/aromatic N) is 2. The Morgan fingerprint density at radius 1 is 1.26 bits per heavy atom. The molecule has 2 aromatic rings. The van der Waals surface area contributed by atoms with E-state index in [9.17, 15) is 14.7 Å². The third-order valence-electron chi connectivity index (χ3n) is 4.82. The molecule has 2 atom stereocenters. The summed E-state index contributed by atoms with van der Waals surface area (Å²) in [5.41, 5.74) is 2.72. The van der Waals surface area contributed by atoms with Crippen molar-refractivity contribution in [3.05, 3.63) is 64.7 Å². The monoisotopic (exact) mass is 384 g/mol. The van der Waals surface area contributed by atoms with E-state index in [2.05, 4.69) is 0 Å². The number of amides is 1. The summed E-state index contributed by atoms with van der Waals surface area (Å²) >= 11 is 6.17. The quantitative estimate of drug-likeness (QED) is 0.846. The smallest absolute Gasteiger partial charge is 0.323 e. The summed E-state index contributed by atoms with van der Waals surface area (Å²) in [5, 5.41) is 9.81. The molecule has 0 aliphatic carbocycles. The number of hydrogen-bond donors (Lipinski definition) is 1. The fourth-order valence-corrected chi connectivity index (χ4v) is 3.36. The van der Waals surface area contributed by atoms with Crippen LogP contribution in [0.1, 0.15) is 31.4 Å². The van der Waals surface area contributed by atoms with Crippen LogP contribution >= 0.6 is 11.6 Å². The van der Waals surface area contributed by atoms with Crippen LogP contribution in [0, 0.1) is 5.92 Å². The second-order valence-electron chi connectivity index (χ2n) is 6.65. The summed E-state index contributed by atoms with van der Waals surface area (Å²) in [7, 11) is 0. The first-order valence-electron chi connectivity index (χ1n) is 8.88. The van der Waals surface area contributed by atoms with Crippen molar-refractivity contribution in [2.45, 2.75) is 26.3 Å². The van der Waals surface area contributed by atoms with E-state index in [0.29, 0.717) is 22.0 Å². The van der Waals surface area contributed by atoms with Crippen LogP contribution in [0.4, 0.5) is 5.69 Å². The van der Waals surface area contributed by atoms with Gasteiger partial charge in [-0.25, -0.2) is 0 Å². The van der Waals surface area contributed by atoms with Gasteiger partial charge in [-0.3, -0.25) is 19.5 Å². The molecule has 1 aliphatic heterocycles. The molecule has 0 spiro atoms. The minimum atomic E-state index is -1.08. The van der Waals surface area contributed by atoms with Crippen molar-refractivity contribution in [3.63, 3.8) is 0 Å². The molecule has 5 nitrogen and oxygen atoms in total. The number of carboxylic acid groups (broad SMARTS) is 1. The maximum Gasteiger partial charge on any atom is 0.323 e. The van der Waals surface area contributed by atoms with E-state index in [1.807, 2.05) is 44.2 Å². The van der Waals surface area contributed by atoms with E-state index in [1.54, 1.807) is 18.2 Å². The van der Waals surface area contributed by atoms with E-state index in [4.69, 9.17) is 16.6 Å². The molecule has 1 N–H and O–H groups in total. The van der Waals surface area contributed by atoms with E-state index in [1.165, 1.54) is 4.90 Å². The number of rotatable bonds is 5. The van der Waals surface area contributed by atoms with Gasteiger partial charge in [0.15, 0.2) is 0 Å². The number of aliphatic imine (C=N–C) groups is 1. The van der Waals surface area contributed by atoms with Crippen LogP contribution in [0.15, 0.2) is 53.5 Å². The Balaban J connectivity index is 2.27. The van der Waals surface area contributed by atoms with Crippen molar-refractivity contribution in [1.82, 2.24) is 0 Å². The number of halogens is 1. The highest BCUT2D eigenvalue weighted by atomic mass is 35.5. The number of anilines is 1. The Morgan fingerprint density at radius 3 is 2.59 bits per heavy atom. The molecular formula is C21H21ClN2O3. The highest BCUT2D eigenvalue weighted by Gasteiger charge is 2.35. The summed E-state index contributed by atoms with van der Waals surface area (Å²) in [6.45, 7) is 3.51. The van der Waals surface area contributed by atoms with Crippen molar-refractivity contribution < 1.29 is 14.7 Å². The highest BCUT2D eigenvalue weighted by molar-refractivity contribution is 6.31. The third kappa shape index (κ3) is 3.88. The van der Waals surface area contributed by atoms with Gasteiger partial charge in [0.25, 0.3) is 5.91 Å². The highest BCUT2D eigenvalue weighted by Crippen LogP contribution is 2.33. The molecule has 27 heavy (non-hydrogen) atoms. The lowest BCUT2D eigenvalue weighted by Gasteiger charge is -2.25. The lowest BCUT2D eigenvalue weighted by atomic mass is 9.98. The summed E-state index contributed by atoms with van der Waals surface area (Å²) < 4.78 is 0. The van der Waals surface area contributed by atoms with Gasteiger partial charge in [-0.2, -0.15) is 0 Å². The average molecular weight is 385 g/mol. The van der Waals surface area contributed by atoms with Gasteiger partial charge in [0.1, 0.15) is 12.6 Å². The fourth-order valence-electron chi connectivity index (χ4n) is 3.19. The standard InChI is InChI=1S/C21H21ClN2O3/c1-3-13(2)19-21(27)24(12-18(25)26)17-11-15(22)9-10-16(17)20(23-19)14-7-5-4-6-8-14/h4-11,13,19H,3,12H2,1-2H3,(H,25,26)/t13-,19?/m0/s1. The van der Waals surface area contributed by atoms with Gasteiger partial charge >= 0.3 is 5.97 Å². The molecule has 140 valence electrons. The largest absolute Gasteiger partial charge is 0.480 e. The van der Waals surface area contributed by atoms with Gasteiger partial charge in [0, 0.05) is 16.1 Å². The van der Waals surface area contributed by atoms with Crippen molar-refractivity contribution in [1.29, 1.82) is 0 Å². The normalized spacial score (nSPS) is 17.7. The van der Waals surface area contributed by atoms with Crippen molar-refractivity contribution >= 4 is 34.9 Å². The molecule has 3 rings (SSSR count). The average Bonchev–Trinajstić information content (AvgIpc) is 2.77. The Morgan fingerprint density at radius 2 is 1.96 bits per heavy atom. The molecule has 1 unspecified atom stereocenters. The van der Waals surface area contributed by atoms with Crippen LogP contribution in [0.25, 0.3) is 0 Å². The molecule has 2 aromatic carbocycles. The second kappa shape index (κ2) is 7.92. The van der Waals surface area contributed by atoms with E-state index in [-0.39, 0.29) is 11.8 Å². The van der Waals surface area contributed by atoms with Crippen LogP contribution < -0.4 is 4.90 Å². The predicted molar refractivity (Wildman–Crippen MR) is 107 cm³/mol. The topological polar surface area (TPSA) is 70.0 Å². The SMILES string of the molecule is CC[C@H](C)C1N=C(c2ccccc2)c2ccc(Cl)cc2N(CC(=O)O)C1=O. The zero-order valence-corrected chi connectivity index (χ0v) is 16.0. The second-order valence-corrected chi connectivity index (χ2v) is 7.09. The van der Waals surface area contributed by atoms with Crippen molar-refractivity contribution in [2.75, 3.05) is 11.4 Å². The Bertz CT molecular complexity index is 896. The molecule has 0 bridgehead atoms. The van der Waals surface area contributed by atoms with Gasteiger partial charge in [-0.1, -0.05) is 62.2 Å². The van der Waals surface area contributed by atoms with Crippen LogP contribution in [0.5, 0.6) is 0 Å². The lowest BCUT2D eigenvalue weighted by Crippen LogP contribution is -2.43. The number of benzene rings is 2. The van der Waals surface area contributed by atoms with Gasteiger partial charge in [-0.15, -0.1) is 0 Å². The van der Waals surface area contributed by atoms with E-state index < -0.39 is 18.6 Å². The van der Waals surface area contributed by atoms with Crippen molar-refractivity contribution in [3.8, 4) is 0 Å². The first kappa shape index (κ1) is 19.1. The van der Waals surface area contributed by atoms with Crippen LogP contribution in [0.2, 0.25) is 5.02 Å². The summed E-state index contributed by atoms with van der Waals surface area (Å²) in [6.07, 6.45) is 0.750. The Kier molecular flexibility index (Phi) is 5.61. The number of aliphatic carboxylic acids is 1. The Labute approximate surface area is 163 Å². The minimum absolute atomic E-state index is 0.0303. The molecule has 6 heteroatoms. The lowest BCUT2D eigenvalue weighted by molar-refractivity contribution is -0.136. The molecule has 0 fully saturated rings. The molecule has 1 aliphatic rings.